The van der Waals surface area contributed by atoms with Gasteiger partial charge in [0.2, 0.25) is 6.79 Å². The number of nitrogens with zero attached hydrogens (tertiary/aromatic N) is 4. The molecule has 0 aliphatic carbocycles. The second kappa shape index (κ2) is 8.51. The first kappa shape index (κ1) is 19.2. The largest absolute Gasteiger partial charge is 0.484 e. The van der Waals surface area contributed by atoms with Crippen molar-refractivity contribution in [3.05, 3.63) is 60.7 Å². The number of para-hydroxylation sites is 1. The number of piperazine rings is 1. The number of hydrogen-bond acceptors (Lipinski definition) is 7. The van der Waals surface area contributed by atoms with Gasteiger partial charge in [0.05, 0.1) is 5.69 Å². The van der Waals surface area contributed by atoms with Crippen molar-refractivity contribution < 1.29 is 19.0 Å². The molecule has 0 unspecified atom stereocenters. The Hall–Kier alpha value is -3.81. The Labute approximate surface area is 180 Å². The van der Waals surface area contributed by atoms with E-state index in [0.717, 1.165) is 28.6 Å². The molecule has 1 amide bonds. The van der Waals surface area contributed by atoms with E-state index in [4.69, 9.17) is 14.2 Å². The summed E-state index contributed by atoms with van der Waals surface area (Å²) in [7, 11) is 0. The van der Waals surface area contributed by atoms with Gasteiger partial charge in [-0.05, 0) is 42.5 Å². The van der Waals surface area contributed by atoms with Crippen LogP contribution in [-0.2, 0) is 4.79 Å². The van der Waals surface area contributed by atoms with E-state index in [0.29, 0.717) is 31.9 Å². The lowest BCUT2D eigenvalue weighted by Gasteiger charge is -2.35. The van der Waals surface area contributed by atoms with Crippen LogP contribution in [0, 0.1) is 0 Å². The molecule has 0 radical (unpaired) electrons. The average Bonchev–Trinajstić information content (AvgIpc) is 3.31. The van der Waals surface area contributed by atoms with Gasteiger partial charge >= 0.3 is 0 Å². The molecule has 8 nitrogen and oxygen atoms in total. The first-order valence-electron chi connectivity index (χ1n) is 10.2. The van der Waals surface area contributed by atoms with Crippen LogP contribution in [0.3, 0.4) is 0 Å². The minimum atomic E-state index is -0.00672. The van der Waals surface area contributed by atoms with Crippen LogP contribution in [0.25, 0.3) is 11.3 Å². The molecule has 5 rings (SSSR count). The minimum absolute atomic E-state index is 0.00672. The monoisotopic (exact) mass is 418 g/mol. The summed E-state index contributed by atoms with van der Waals surface area (Å²) in [6, 6.07) is 19.0. The topological polar surface area (TPSA) is 77.0 Å². The molecule has 0 atom stereocenters. The molecule has 2 aliphatic rings. The van der Waals surface area contributed by atoms with Crippen LogP contribution in [0.4, 0.5) is 5.82 Å². The number of benzene rings is 2. The van der Waals surface area contributed by atoms with Crippen molar-refractivity contribution in [1.82, 2.24) is 15.1 Å². The highest BCUT2D eigenvalue weighted by Crippen LogP contribution is 2.35. The zero-order chi connectivity index (χ0) is 21.0. The molecule has 3 heterocycles. The molecule has 1 aromatic heterocycles. The quantitative estimate of drug-likeness (QED) is 0.630. The maximum Gasteiger partial charge on any atom is 0.260 e. The van der Waals surface area contributed by atoms with Gasteiger partial charge in [0.25, 0.3) is 5.91 Å². The molecule has 1 fully saturated rings. The third-order valence-electron chi connectivity index (χ3n) is 5.38. The first-order valence-corrected chi connectivity index (χ1v) is 10.2. The number of amides is 1. The molecule has 3 aromatic rings. The molecule has 0 N–H and O–H groups in total. The predicted molar refractivity (Wildman–Crippen MR) is 114 cm³/mol. The number of carbonyl (C=O) groups excluding carboxylic acids is 1. The summed E-state index contributed by atoms with van der Waals surface area (Å²) in [6.45, 7) is 2.96. The Morgan fingerprint density at radius 2 is 1.71 bits per heavy atom. The van der Waals surface area contributed by atoms with Gasteiger partial charge in [-0.1, -0.05) is 18.2 Å². The van der Waals surface area contributed by atoms with E-state index in [2.05, 4.69) is 15.1 Å². The van der Waals surface area contributed by atoms with Gasteiger partial charge in [0.15, 0.2) is 23.9 Å². The molecule has 8 heteroatoms. The van der Waals surface area contributed by atoms with Gasteiger partial charge in [-0.15, -0.1) is 10.2 Å². The van der Waals surface area contributed by atoms with Crippen molar-refractivity contribution in [3.8, 4) is 28.5 Å². The van der Waals surface area contributed by atoms with Crippen LogP contribution < -0.4 is 19.1 Å². The summed E-state index contributed by atoms with van der Waals surface area (Å²) in [5.41, 5.74) is 1.70. The molecule has 0 bridgehead atoms. The fraction of sp³-hybridized carbons (Fsp3) is 0.261. The molecule has 2 aromatic carbocycles. The second-order valence-corrected chi connectivity index (χ2v) is 7.31. The number of hydrogen-bond donors (Lipinski definition) is 0. The smallest absolute Gasteiger partial charge is 0.260 e. The lowest BCUT2D eigenvalue weighted by atomic mass is 10.1. The summed E-state index contributed by atoms with van der Waals surface area (Å²) in [6.07, 6.45) is 0. The first-order chi connectivity index (χ1) is 15.3. The fourth-order valence-electron chi connectivity index (χ4n) is 3.64. The third kappa shape index (κ3) is 4.23. The van der Waals surface area contributed by atoms with E-state index in [9.17, 15) is 4.79 Å². The number of anilines is 1. The molecule has 1 saturated heterocycles. The van der Waals surface area contributed by atoms with Crippen molar-refractivity contribution in [1.29, 1.82) is 0 Å². The third-order valence-corrected chi connectivity index (χ3v) is 5.38. The van der Waals surface area contributed by atoms with Crippen molar-refractivity contribution in [2.75, 3.05) is 44.5 Å². The Morgan fingerprint density at radius 3 is 2.48 bits per heavy atom. The Balaban J connectivity index is 1.16. The summed E-state index contributed by atoms with van der Waals surface area (Å²) >= 11 is 0. The standard InChI is InChI=1S/C23H22N4O4/c28-23(15-29-18-4-2-1-3-5-18)27-12-10-26(11-13-27)22-9-7-19(24-25-22)17-6-8-20-21(14-17)31-16-30-20/h1-9,14H,10-13,15-16H2. The molecule has 0 saturated carbocycles. The molecule has 2 aliphatic heterocycles. The van der Waals surface area contributed by atoms with Gasteiger partial charge in [-0.25, -0.2) is 0 Å². The van der Waals surface area contributed by atoms with Gasteiger partial charge in [0, 0.05) is 31.7 Å². The van der Waals surface area contributed by atoms with E-state index in [-0.39, 0.29) is 19.3 Å². The van der Waals surface area contributed by atoms with Crippen LogP contribution in [0.2, 0.25) is 0 Å². The summed E-state index contributed by atoms with van der Waals surface area (Å²) in [4.78, 5) is 16.4. The predicted octanol–water partition coefficient (Wildman–Crippen LogP) is 2.60. The average molecular weight is 418 g/mol. The van der Waals surface area contributed by atoms with Gasteiger partial charge in [-0.3, -0.25) is 4.79 Å². The molecule has 31 heavy (non-hydrogen) atoms. The van der Waals surface area contributed by atoms with Crippen LogP contribution in [0.5, 0.6) is 17.2 Å². The zero-order valence-electron chi connectivity index (χ0n) is 16.9. The molecular weight excluding hydrogens is 396 g/mol. The molecular formula is C23H22N4O4. The van der Waals surface area contributed by atoms with E-state index in [1.165, 1.54) is 0 Å². The zero-order valence-corrected chi connectivity index (χ0v) is 16.9. The van der Waals surface area contributed by atoms with Crippen molar-refractivity contribution in [3.63, 3.8) is 0 Å². The SMILES string of the molecule is O=C(COc1ccccc1)N1CCN(c2ccc(-c3ccc4c(c3)OCO4)nn2)CC1. The van der Waals surface area contributed by atoms with Crippen molar-refractivity contribution in [2.24, 2.45) is 0 Å². The normalized spacial score (nSPS) is 15.1. The van der Waals surface area contributed by atoms with Crippen molar-refractivity contribution >= 4 is 11.7 Å². The number of fused-ring (bicyclic) bond motifs is 1. The van der Waals surface area contributed by atoms with Crippen LogP contribution in [0.1, 0.15) is 0 Å². The van der Waals surface area contributed by atoms with Gasteiger partial charge in [-0.2, -0.15) is 0 Å². The lowest BCUT2D eigenvalue weighted by Crippen LogP contribution is -2.50. The Kier molecular flexibility index (Phi) is 5.26. The second-order valence-electron chi connectivity index (χ2n) is 7.31. The Morgan fingerprint density at radius 1 is 0.903 bits per heavy atom. The highest BCUT2D eigenvalue weighted by Gasteiger charge is 2.22. The number of carbonyl (C=O) groups is 1. The number of aromatic nitrogens is 2. The van der Waals surface area contributed by atoms with Crippen molar-refractivity contribution in [2.45, 2.75) is 0 Å². The summed E-state index contributed by atoms with van der Waals surface area (Å²) in [5.74, 6) is 2.97. The van der Waals surface area contributed by atoms with Crippen LogP contribution in [0.15, 0.2) is 60.7 Å². The van der Waals surface area contributed by atoms with Gasteiger partial charge < -0.3 is 24.0 Å². The van der Waals surface area contributed by atoms with E-state index < -0.39 is 0 Å². The maximum absolute atomic E-state index is 12.4. The summed E-state index contributed by atoms with van der Waals surface area (Å²) < 4.78 is 16.4. The van der Waals surface area contributed by atoms with E-state index in [1.807, 2.05) is 65.6 Å². The Bertz CT molecular complexity index is 1050. The maximum atomic E-state index is 12.4. The summed E-state index contributed by atoms with van der Waals surface area (Å²) in [5, 5.41) is 8.77. The van der Waals surface area contributed by atoms with Crippen LogP contribution >= 0.6 is 0 Å². The van der Waals surface area contributed by atoms with E-state index in [1.54, 1.807) is 0 Å². The number of ether oxygens (including phenoxy) is 3. The van der Waals surface area contributed by atoms with Crippen LogP contribution in [-0.4, -0.2) is 60.6 Å². The minimum Gasteiger partial charge on any atom is -0.484 e. The fourth-order valence-corrected chi connectivity index (χ4v) is 3.64. The number of rotatable bonds is 5. The highest BCUT2D eigenvalue weighted by molar-refractivity contribution is 5.78. The van der Waals surface area contributed by atoms with Gasteiger partial charge in [0.1, 0.15) is 5.75 Å². The molecule has 158 valence electrons. The highest BCUT2D eigenvalue weighted by atomic mass is 16.7. The molecule has 0 spiro atoms. The van der Waals surface area contributed by atoms with E-state index >= 15 is 0 Å². The lowest BCUT2D eigenvalue weighted by molar-refractivity contribution is -0.133.